The molecule has 0 aromatic heterocycles. The summed E-state index contributed by atoms with van der Waals surface area (Å²) < 4.78 is 0. The molecule has 1 aromatic carbocycles. The first kappa shape index (κ1) is 16.5. The minimum Gasteiger partial charge on any atom is -0.356 e. The fourth-order valence-corrected chi connectivity index (χ4v) is 2.67. The molecule has 5 nitrogen and oxygen atoms in total. The van der Waals surface area contributed by atoms with E-state index in [9.17, 15) is 9.59 Å². The van der Waals surface area contributed by atoms with Gasteiger partial charge in [-0.25, -0.2) is 0 Å². The molecule has 22 heavy (non-hydrogen) atoms. The topological polar surface area (TPSA) is 61.4 Å². The summed E-state index contributed by atoms with van der Waals surface area (Å²) in [7, 11) is 1.89. The molecule has 1 aromatic rings. The highest BCUT2D eigenvalue weighted by Crippen LogP contribution is 2.25. The molecule has 1 aliphatic rings. The van der Waals surface area contributed by atoms with Gasteiger partial charge in [0.05, 0.1) is 5.92 Å². The maximum Gasteiger partial charge on any atom is 0.227 e. The van der Waals surface area contributed by atoms with Crippen molar-refractivity contribution in [2.45, 2.75) is 26.2 Å². The second-order valence-corrected chi connectivity index (χ2v) is 5.67. The zero-order valence-electron chi connectivity index (χ0n) is 13.4. The molecule has 2 amide bonds. The standard InChI is InChI=1S/C17H25N3O2/c1-3-13-5-7-15(8-6-13)20-12-14(11-16(20)21)17(22)19-10-4-9-18-2/h5-8,14,18H,3-4,9-12H2,1-2H3,(H,19,22). The lowest BCUT2D eigenvalue weighted by atomic mass is 10.1. The monoisotopic (exact) mass is 303 g/mol. The van der Waals surface area contributed by atoms with Gasteiger partial charge in [-0.3, -0.25) is 9.59 Å². The molecule has 0 aliphatic carbocycles. The molecule has 2 N–H and O–H groups in total. The largest absolute Gasteiger partial charge is 0.356 e. The Bertz CT molecular complexity index is 513. The van der Waals surface area contributed by atoms with Crippen LogP contribution in [0.1, 0.15) is 25.3 Å². The molecule has 2 rings (SSSR count). The van der Waals surface area contributed by atoms with Crippen molar-refractivity contribution in [2.24, 2.45) is 5.92 Å². The van der Waals surface area contributed by atoms with Crippen molar-refractivity contribution >= 4 is 17.5 Å². The van der Waals surface area contributed by atoms with Crippen LogP contribution in [0.2, 0.25) is 0 Å². The van der Waals surface area contributed by atoms with Crippen molar-refractivity contribution < 1.29 is 9.59 Å². The van der Waals surface area contributed by atoms with E-state index in [1.54, 1.807) is 4.90 Å². The van der Waals surface area contributed by atoms with Gasteiger partial charge in [-0.05, 0) is 44.1 Å². The molecule has 5 heteroatoms. The summed E-state index contributed by atoms with van der Waals surface area (Å²) in [5.41, 5.74) is 2.13. The first-order valence-electron chi connectivity index (χ1n) is 7.97. The van der Waals surface area contributed by atoms with Gasteiger partial charge >= 0.3 is 0 Å². The number of amides is 2. The average molecular weight is 303 g/mol. The van der Waals surface area contributed by atoms with E-state index in [1.807, 2.05) is 31.3 Å². The van der Waals surface area contributed by atoms with E-state index in [0.29, 0.717) is 19.5 Å². The van der Waals surface area contributed by atoms with Crippen molar-refractivity contribution in [3.05, 3.63) is 29.8 Å². The Morgan fingerprint density at radius 2 is 2.00 bits per heavy atom. The molecule has 1 fully saturated rings. The van der Waals surface area contributed by atoms with Crippen LogP contribution in [0.5, 0.6) is 0 Å². The van der Waals surface area contributed by atoms with Gasteiger partial charge in [0.15, 0.2) is 0 Å². The Balaban J connectivity index is 1.90. The van der Waals surface area contributed by atoms with Gasteiger partial charge in [0.2, 0.25) is 11.8 Å². The van der Waals surface area contributed by atoms with Crippen molar-refractivity contribution in [2.75, 3.05) is 31.6 Å². The number of nitrogens with one attached hydrogen (secondary N) is 2. The third kappa shape index (κ3) is 4.07. The molecule has 1 heterocycles. The molecular weight excluding hydrogens is 278 g/mol. The predicted molar refractivity (Wildman–Crippen MR) is 87.8 cm³/mol. The van der Waals surface area contributed by atoms with Gasteiger partial charge in [0, 0.05) is 25.2 Å². The van der Waals surface area contributed by atoms with Gasteiger partial charge in [-0.2, -0.15) is 0 Å². The van der Waals surface area contributed by atoms with Crippen LogP contribution in [-0.2, 0) is 16.0 Å². The number of hydrogen-bond donors (Lipinski definition) is 2. The Labute approximate surface area is 132 Å². The zero-order chi connectivity index (χ0) is 15.9. The van der Waals surface area contributed by atoms with E-state index in [4.69, 9.17) is 0 Å². The molecule has 1 atom stereocenters. The van der Waals surface area contributed by atoms with Crippen LogP contribution < -0.4 is 15.5 Å². The SMILES string of the molecule is CCc1ccc(N2CC(C(=O)NCCCNC)CC2=O)cc1. The van der Waals surface area contributed by atoms with Crippen LogP contribution >= 0.6 is 0 Å². The van der Waals surface area contributed by atoms with Crippen LogP contribution in [0.3, 0.4) is 0 Å². The van der Waals surface area contributed by atoms with Gasteiger partial charge < -0.3 is 15.5 Å². The Kier molecular flexibility index (Phi) is 5.95. The van der Waals surface area contributed by atoms with Crippen LogP contribution in [-0.4, -0.2) is 38.5 Å². The summed E-state index contributed by atoms with van der Waals surface area (Å²) >= 11 is 0. The lowest BCUT2D eigenvalue weighted by Crippen LogP contribution is -2.34. The van der Waals surface area contributed by atoms with E-state index in [-0.39, 0.29) is 17.7 Å². The summed E-state index contributed by atoms with van der Waals surface area (Å²) in [6, 6.07) is 8.00. The predicted octanol–water partition coefficient (Wildman–Crippen LogP) is 1.33. The molecule has 1 saturated heterocycles. The molecular formula is C17H25N3O2. The van der Waals surface area contributed by atoms with E-state index in [1.165, 1.54) is 5.56 Å². The van der Waals surface area contributed by atoms with Crippen LogP contribution in [0.4, 0.5) is 5.69 Å². The van der Waals surface area contributed by atoms with Crippen molar-refractivity contribution in [1.29, 1.82) is 0 Å². The Morgan fingerprint density at radius 1 is 1.27 bits per heavy atom. The maximum atomic E-state index is 12.2. The number of rotatable bonds is 7. The molecule has 0 bridgehead atoms. The summed E-state index contributed by atoms with van der Waals surface area (Å²) in [6.07, 6.45) is 2.17. The number of carbonyl (C=O) groups is 2. The second kappa shape index (κ2) is 7.94. The van der Waals surface area contributed by atoms with E-state index < -0.39 is 0 Å². The van der Waals surface area contributed by atoms with Crippen LogP contribution in [0.15, 0.2) is 24.3 Å². The third-order valence-electron chi connectivity index (χ3n) is 4.05. The molecule has 120 valence electrons. The minimum absolute atomic E-state index is 0.0165. The smallest absolute Gasteiger partial charge is 0.227 e. The van der Waals surface area contributed by atoms with Crippen molar-refractivity contribution in [3.63, 3.8) is 0 Å². The fraction of sp³-hybridized carbons (Fsp3) is 0.529. The lowest BCUT2D eigenvalue weighted by molar-refractivity contribution is -0.126. The lowest BCUT2D eigenvalue weighted by Gasteiger charge is -2.17. The van der Waals surface area contributed by atoms with Gasteiger partial charge in [-0.1, -0.05) is 19.1 Å². The highest BCUT2D eigenvalue weighted by molar-refractivity contribution is 6.00. The number of benzene rings is 1. The molecule has 1 aliphatic heterocycles. The molecule has 1 unspecified atom stereocenters. The molecule has 0 radical (unpaired) electrons. The number of hydrogen-bond acceptors (Lipinski definition) is 3. The Hall–Kier alpha value is -1.88. The quantitative estimate of drug-likeness (QED) is 0.747. The van der Waals surface area contributed by atoms with E-state index in [0.717, 1.165) is 25.1 Å². The number of nitrogens with zero attached hydrogens (tertiary/aromatic N) is 1. The summed E-state index contributed by atoms with van der Waals surface area (Å²) in [6.45, 7) is 4.10. The second-order valence-electron chi connectivity index (χ2n) is 5.67. The third-order valence-corrected chi connectivity index (χ3v) is 4.05. The maximum absolute atomic E-state index is 12.2. The first-order valence-corrected chi connectivity index (χ1v) is 7.97. The highest BCUT2D eigenvalue weighted by atomic mass is 16.2. The summed E-state index contributed by atoms with van der Waals surface area (Å²) in [5.74, 6) is -0.232. The fourth-order valence-electron chi connectivity index (χ4n) is 2.67. The highest BCUT2D eigenvalue weighted by Gasteiger charge is 2.34. The van der Waals surface area contributed by atoms with E-state index >= 15 is 0 Å². The van der Waals surface area contributed by atoms with Crippen LogP contribution in [0, 0.1) is 5.92 Å². The first-order chi connectivity index (χ1) is 10.7. The average Bonchev–Trinajstić information content (AvgIpc) is 2.93. The van der Waals surface area contributed by atoms with Crippen molar-refractivity contribution in [3.8, 4) is 0 Å². The van der Waals surface area contributed by atoms with Crippen molar-refractivity contribution in [1.82, 2.24) is 10.6 Å². The van der Waals surface area contributed by atoms with Gasteiger partial charge in [0.25, 0.3) is 0 Å². The van der Waals surface area contributed by atoms with Gasteiger partial charge in [0.1, 0.15) is 0 Å². The normalized spacial score (nSPS) is 17.8. The Morgan fingerprint density at radius 3 is 2.64 bits per heavy atom. The number of anilines is 1. The molecule has 0 spiro atoms. The minimum atomic E-state index is -0.243. The van der Waals surface area contributed by atoms with Gasteiger partial charge in [-0.15, -0.1) is 0 Å². The summed E-state index contributed by atoms with van der Waals surface area (Å²) in [4.78, 5) is 26.0. The summed E-state index contributed by atoms with van der Waals surface area (Å²) in [5, 5.41) is 5.95. The molecule has 0 saturated carbocycles. The number of carbonyl (C=O) groups excluding carboxylic acids is 2. The number of aryl methyl sites for hydroxylation is 1. The van der Waals surface area contributed by atoms with E-state index in [2.05, 4.69) is 17.6 Å². The zero-order valence-corrected chi connectivity index (χ0v) is 13.4. The van der Waals surface area contributed by atoms with Crippen LogP contribution in [0.25, 0.3) is 0 Å².